The molecule has 0 saturated carbocycles. The minimum Gasteiger partial charge on any atom is -0.468 e. The summed E-state index contributed by atoms with van der Waals surface area (Å²) in [4.78, 5) is 28.0. The van der Waals surface area contributed by atoms with Gasteiger partial charge < -0.3 is 18.9 Å². The Hall–Kier alpha value is -2.15. The molecule has 1 aromatic heterocycles. The first-order valence-electron chi connectivity index (χ1n) is 7.25. The van der Waals surface area contributed by atoms with E-state index >= 15 is 0 Å². The van der Waals surface area contributed by atoms with Crippen molar-refractivity contribution in [2.75, 3.05) is 14.2 Å². The molecule has 1 aliphatic heterocycles. The quantitative estimate of drug-likeness (QED) is 0.614. The average molecular weight is 323 g/mol. The fourth-order valence-corrected chi connectivity index (χ4v) is 2.43. The highest BCUT2D eigenvalue weighted by atomic mass is 16.7. The molecule has 0 aromatic carbocycles. The second kappa shape index (κ2) is 6.54. The summed E-state index contributed by atoms with van der Waals surface area (Å²) in [6.07, 6.45) is 1.74. The molecule has 126 valence electrons. The van der Waals surface area contributed by atoms with E-state index in [9.17, 15) is 9.59 Å². The number of carbonyl (C=O) groups excluding carboxylic acids is 2. The molecule has 0 atom stereocenters. The third-order valence-corrected chi connectivity index (χ3v) is 3.71. The lowest BCUT2D eigenvalue weighted by Crippen LogP contribution is -2.37. The van der Waals surface area contributed by atoms with Crippen LogP contribution in [0.2, 0.25) is 0 Å². The van der Waals surface area contributed by atoms with Gasteiger partial charge in [0.2, 0.25) is 5.79 Å². The van der Waals surface area contributed by atoms with Crippen LogP contribution >= 0.6 is 0 Å². The molecular weight excluding hydrogens is 302 g/mol. The molecule has 2 heterocycles. The van der Waals surface area contributed by atoms with Crippen LogP contribution in [-0.4, -0.2) is 36.9 Å². The number of pyridine rings is 1. The van der Waals surface area contributed by atoms with E-state index in [1.807, 2.05) is 20.8 Å². The Bertz CT molecular complexity index is 609. The van der Waals surface area contributed by atoms with Crippen molar-refractivity contribution in [2.45, 2.75) is 39.6 Å². The van der Waals surface area contributed by atoms with Crippen LogP contribution in [-0.2, 0) is 36.8 Å². The molecule has 0 bridgehead atoms. The summed E-state index contributed by atoms with van der Waals surface area (Å²) in [5.41, 5.74) is 2.21. The van der Waals surface area contributed by atoms with E-state index in [0.717, 1.165) is 11.3 Å². The fourth-order valence-electron chi connectivity index (χ4n) is 2.43. The van der Waals surface area contributed by atoms with Gasteiger partial charge in [0.05, 0.1) is 26.5 Å². The van der Waals surface area contributed by atoms with Gasteiger partial charge >= 0.3 is 11.9 Å². The number of hydrogen-bond donors (Lipinski definition) is 0. The Morgan fingerprint density at radius 2 is 1.91 bits per heavy atom. The average Bonchev–Trinajstić information content (AvgIpc) is 2.52. The molecule has 2 rings (SSSR count). The van der Waals surface area contributed by atoms with Crippen LogP contribution in [0, 0.1) is 12.8 Å². The van der Waals surface area contributed by atoms with Crippen LogP contribution in [0.3, 0.4) is 0 Å². The predicted octanol–water partition coefficient (Wildman–Crippen LogP) is 1.54. The van der Waals surface area contributed by atoms with Gasteiger partial charge in [0.25, 0.3) is 0 Å². The Morgan fingerprint density at radius 3 is 2.48 bits per heavy atom. The lowest BCUT2D eigenvalue weighted by atomic mass is 9.95. The minimum absolute atomic E-state index is 0.113. The summed E-state index contributed by atoms with van der Waals surface area (Å²) < 4.78 is 20.9. The number of aryl methyl sites for hydroxylation is 1. The summed E-state index contributed by atoms with van der Waals surface area (Å²) in [5, 5.41) is 0. The smallest absolute Gasteiger partial charge is 0.320 e. The Morgan fingerprint density at radius 1 is 1.30 bits per heavy atom. The predicted molar refractivity (Wildman–Crippen MR) is 79.7 cm³/mol. The summed E-state index contributed by atoms with van der Waals surface area (Å²) in [7, 11) is 2.46. The molecule has 7 nitrogen and oxygen atoms in total. The lowest BCUT2D eigenvalue weighted by Gasteiger charge is -2.34. The van der Waals surface area contributed by atoms with E-state index in [4.69, 9.17) is 9.47 Å². The number of methoxy groups -OCH3 is 2. The van der Waals surface area contributed by atoms with Crippen molar-refractivity contribution in [3.63, 3.8) is 0 Å². The molecule has 7 heteroatoms. The second-order valence-corrected chi connectivity index (χ2v) is 5.77. The van der Waals surface area contributed by atoms with Crippen molar-refractivity contribution in [2.24, 2.45) is 5.92 Å². The van der Waals surface area contributed by atoms with Crippen LogP contribution in [0.5, 0.6) is 5.75 Å². The summed E-state index contributed by atoms with van der Waals surface area (Å²) in [6.45, 7) is 5.78. The van der Waals surface area contributed by atoms with Crippen LogP contribution in [0.25, 0.3) is 0 Å². The number of fused-ring (bicyclic) bond motifs is 1. The Kier molecular flexibility index (Phi) is 4.89. The van der Waals surface area contributed by atoms with Gasteiger partial charge in [0.15, 0.2) is 5.92 Å². The summed E-state index contributed by atoms with van der Waals surface area (Å²) >= 11 is 0. The van der Waals surface area contributed by atoms with Gasteiger partial charge in [-0.3, -0.25) is 14.6 Å². The minimum atomic E-state index is -1.05. The lowest BCUT2D eigenvalue weighted by molar-refractivity contribution is -0.181. The fraction of sp³-hybridized carbons (Fsp3) is 0.562. The summed E-state index contributed by atoms with van der Waals surface area (Å²) in [6, 6.07) is 0. The maximum Gasteiger partial charge on any atom is 0.320 e. The molecule has 1 aliphatic rings. The van der Waals surface area contributed by atoms with Crippen molar-refractivity contribution in [3.8, 4) is 5.75 Å². The molecule has 0 saturated heterocycles. The van der Waals surface area contributed by atoms with Crippen molar-refractivity contribution >= 4 is 11.9 Å². The van der Waals surface area contributed by atoms with E-state index in [-0.39, 0.29) is 6.42 Å². The van der Waals surface area contributed by atoms with E-state index in [0.29, 0.717) is 17.9 Å². The van der Waals surface area contributed by atoms with Crippen LogP contribution in [0.4, 0.5) is 0 Å². The first-order chi connectivity index (χ1) is 10.8. The van der Waals surface area contributed by atoms with E-state index in [2.05, 4.69) is 14.5 Å². The summed E-state index contributed by atoms with van der Waals surface area (Å²) in [5.74, 6) is -2.46. The van der Waals surface area contributed by atoms with Gasteiger partial charge in [-0.2, -0.15) is 0 Å². The van der Waals surface area contributed by atoms with Crippen molar-refractivity contribution in [1.29, 1.82) is 0 Å². The second-order valence-electron chi connectivity index (χ2n) is 5.77. The molecule has 0 radical (unpaired) electrons. The van der Waals surface area contributed by atoms with Crippen molar-refractivity contribution < 1.29 is 28.5 Å². The highest BCUT2D eigenvalue weighted by Crippen LogP contribution is 2.35. The number of carbonyl (C=O) groups is 2. The number of esters is 2. The van der Waals surface area contributed by atoms with Gasteiger partial charge in [-0.1, -0.05) is 0 Å². The molecule has 0 aliphatic carbocycles. The zero-order valence-corrected chi connectivity index (χ0v) is 14.0. The molecule has 0 unspecified atom stereocenters. The van der Waals surface area contributed by atoms with Crippen LogP contribution < -0.4 is 4.74 Å². The van der Waals surface area contributed by atoms with Crippen molar-refractivity contribution in [1.82, 2.24) is 4.98 Å². The Balaban J connectivity index is 2.37. The molecule has 0 fully saturated rings. The highest BCUT2D eigenvalue weighted by Gasteiger charge is 2.34. The maximum atomic E-state index is 11.8. The van der Waals surface area contributed by atoms with E-state index in [1.165, 1.54) is 14.2 Å². The molecule has 0 amide bonds. The van der Waals surface area contributed by atoms with Gasteiger partial charge in [0.1, 0.15) is 5.75 Å². The van der Waals surface area contributed by atoms with Crippen LogP contribution in [0.15, 0.2) is 6.20 Å². The monoisotopic (exact) mass is 323 g/mol. The molecule has 0 spiro atoms. The largest absolute Gasteiger partial charge is 0.468 e. The molecular formula is C16H21NO6. The molecule has 1 aromatic rings. The first kappa shape index (κ1) is 17.2. The van der Waals surface area contributed by atoms with Crippen molar-refractivity contribution in [3.05, 3.63) is 23.0 Å². The number of aromatic nitrogens is 1. The first-order valence-corrected chi connectivity index (χ1v) is 7.25. The molecule has 0 N–H and O–H groups in total. The Labute approximate surface area is 134 Å². The van der Waals surface area contributed by atoms with E-state index in [1.54, 1.807) is 6.20 Å². The van der Waals surface area contributed by atoms with Gasteiger partial charge in [-0.25, -0.2) is 0 Å². The zero-order chi connectivity index (χ0) is 17.2. The normalized spacial score (nSPS) is 15.6. The van der Waals surface area contributed by atoms with Gasteiger partial charge in [-0.15, -0.1) is 0 Å². The van der Waals surface area contributed by atoms with Crippen LogP contribution in [0.1, 0.15) is 30.7 Å². The highest BCUT2D eigenvalue weighted by molar-refractivity contribution is 5.95. The number of rotatable bonds is 4. The third-order valence-electron chi connectivity index (χ3n) is 3.71. The SMILES string of the molecule is COC(=O)C(Cc1cnc(C)c2c1COC(C)(C)O2)C(=O)OC. The number of nitrogens with zero attached hydrogens (tertiary/aromatic N) is 1. The van der Waals surface area contributed by atoms with Gasteiger partial charge in [0, 0.05) is 25.6 Å². The number of ether oxygens (including phenoxy) is 4. The maximum absolute atomic E-state index is 11.8. The standard InChI is InChI=1S/C16H21NO6/c1-9-13-12(8-22-16(2,3)23-13)10(7-17-9)6-11(14(18)20-4)15(19)21-5/h7,11H,6,8H2,1-5H3. The van der Waals surface area contributed by atoms with E-state index < -0.39 is 23.6 Å². The van der Waals surface area contributed by atoms with Gasteiger partial charge in [-0.05, 0) is 18.9 Å². The zero-order valence-electron chi connectivity index (χ0n) is 14.0. The number of hydrogen-bond acceptors (Lipinski definition) is 7. The third kappa shape index (κ3) is 3.61. The topological polar surface area (TPSA) is 84.0 Å². The molecule has 23 heavy (non-hydrogen) atoms.